The Labute approximate surface area is 219 Å². The fourth-order valence-corrected chi connectivity index (χ4v) is 4.63. The minimum absolute atomic E-state index is 0.0245. The maximum Gasteiger partial charge on any atom is 0.259 e. The van der Waals surface area contributed by atoms with Crippen LogP contribution in [-0.2, 0) is 6.54 Å². The summed E-state index contributed by atoms with van der Waals surface area (Å²) >= 11 is 0. The van der Waals surface area contributed by atoms with Gasteiger partial charge in [0, 0.05) is 57.2 Å². The lowest BCUT2D eigenvalue weighted by Crippen LogP contribution is -2.48. The van der Waals surface area contributed by atoms with Crippen molar-refractivity contribution in [2.75, 3.05) is 38.1 Å². The van der Waals surface area contributed by atoms with E-state index in [9.17, 15) is 4.79 Å². The Morgan fingerprint density at radius 1 is 0.838 bits per heavy atom. The Morgan fingerprint density at radius 3 is 2.11 bits per heavy atom. The first-order chi connectivity index (χ1) is 18.0. The predicted octanol–water partition coefficient (Wildman–Crippen LogP) is 5.49. The maximum atomic E-state index is 13.8. The third-order valence-electron chi connectivity index (χ3n) is 6.96. The van der Waals surface area contributed by atoms with Crippen LogP contribution in [0, 0.1) is 13.8 Å². The normalized spacial score (nSPS) is 14.0. The molecule has 0 N–H and O–H groups in total. The van der Waals surface area contributed by atoms with Crippen molar-refractivity contribution in [1.82, 2.24) is 19.8 Å². The highest BCUT2D eigenvalue weighted by Crippen LogP contribution is 2.29. The minimum Gasteiger partial charge on any atom is -0.336 e. The van der Waals surface area contributed by atoms with Gasteiger partial charge < -0.3 is 9.80 Å². The zero-order chi connectivity index (χ0) is 25.8. The molecule has 1 amide bonds. The summed E-state index contributed by atoms with van der Waals surface area (Å²) in [5, 5.41) is 0. The third-order valence-corrected chi connectivity index (χ3v) is 6.96. The first-order valence-corrected chi connectivity index (χ1v) is 12.8. The summed E-state index contributed by atoms with van der Waals surface area (Å²) in [6.45, 7) is 8.11. The molecule has 2 heterocycles. The van der Waals surface area contributed by atoms with Crippen LogP contribution in [0.2, 0.25) is 0 Å². The van der Waals surface area contributed by atoms with Crippen molar-refractivity contribution in [1.29, 1.82) is 0 Å². The summed E-state index contributed by atoms with van der Waals surface area (Å²) in [4.78, 5) is 29.6. The van der Waals surface area contributed by atoms with Gasteiger partial charge in [0.25, 0.3) is 5.91 Å². The fraction of sp³-hybridized carbons (Fsp3) is 0.258. The number of rotatable bonds is 6. The number of nitrogens with zero attached hydrogens (tertiary/aromatic N) is 5. The van der Waals surface area contributed by atoms with E-state index in [1.807, 2.05) is 47.2 Å². The molecule has 5 rings (SSSR count). The van der Waals surface area contributed by atoms with Gasteiger partial charge in [-0.25, -0.2) is 9.97 Å². The van der Waals surface area contributed by atoms with E-state index >= 15 is 0 Å². The average Bonchev–Trinajstić information content (AvgIpc) is 2.94. The molecule has 1 fully saturated rings. The topological polar surface area (TPSA) is 52.6 Å². The van der Waals surface area contributed by atoms with E-state index in [-0.39, 0.29) is 5.91 Å². The van der Waals surface area contributed by atoms with Crippen LogP contribution >= 0.6 is 0 Å². The molecule has 6 nitrogen and oxygen atoms in total. The second kappa shape index (κ2) is 10.9. The monoisotopic (exact) mass is 491 g/mol. The quantitative estimate of drug-likeness (QED) is 0.357. The summed E-state index contributed by atoms with van der Waals surface area (Å²) in [6, 6.07) is 26.8. The second-order valence-electron chi connectivity index (χ2n) is 9.75. The van der Waals surface area contributed by atoms with Gasteiger partial charge in [0.05, 0.1) is 0 Å². The molecule has 1 aliphatic heterocycles. The predicted molar refractivity (Wildman–Crippen MR) is 149 cm³/mol. The molecule has 188 valence electrons. The molecule has 1 aliphatic rings. The minimum atomic E-state index is -0.0245. The Morgan fingerprint density at radius 2 is 1.46 bits per heavy atom. The third kappa shape index (κ3) is 5.70. The summed E-state index contributed by atoms with van der Waals surface area (Å²) < 4.78 is 0. The molecule has 37 heavy (non-hydrogen) atoms. The number of aryl methyl sites for hydroxylation is 2. The lowest BCUT2D eigenvalue weighted by atomic mass is 10.1. The lowest BCUT2D eigenvalue weighted by Gasteiger charge is -2.35. The Hall–Kier alpha value is -4.03. The van der Waals surface area contributed by atoms with Crippen molar-refractivity contribution >= 4 is 17.4 Å². The van der Waals surface area contributed by atoms with Gasteiger partial charge in [-0.15, -0.1) is 0 Å². The SMILES string of the molecule is Cc1ccc(CN2CCN(C(=O)c3cnc(-c4ccccc4)nc3N(C)c3ccc(C)cc3)CC2)cc1. The van der Waals surface area contributed by atoms with E-state index in [0.717, 1.165) is 30.9 Å². The highest BCUT2D eigenvalue weighted by molar-refractivity contribution is 5.99. The smallest absolute Gasteiger partial charge is 0.259 e. The summed E-state index contributed by atoms with van der Waals surface area (Å²) in [7, 11) is 1.96. The van der Waals surface area contributed by atoms with Crippen molar-refractivity contribution < 1.29 is 4.79 Å². The van der Waals surface area contributed by atoms with Crippen molar-refractivity contribution in [3.05, 3.63) is 107 Å². The Balaban J connectivity index is 1.38. The van der Waals surface area contributed by atoms with Gasteiger partial charge in [0.15, 0.2) is 5.82 Å². The zero-order valence-electron chi connectivity index (χ0n) is 21.8. The van der Waals surface area contributed by atoms with Crippen LogP contribution in [0.15, 0.2) is 85.1 Å². The number of anilines is 2. The summed E-state index contributed by atoms with van der Waals surface area (Å²) in [5.41, 5.74) is 6.17. The lowest BCUT2D eigenvalue weighted by molar-refractivity contribution is 0.0628. The number of hydrogen-bond acceptors (Lipinski definition) is 5. The van der Waals surface area contributed by atoms with Crippen LogP contribution < -0.4 is 4.90 Å². The van der Waals surface area contributed by atoms with E-state index in [0.29, 0.717) is 30.3 Å². The van der Waals surface area contributed by atoms with Gasteiger partial charge in [0.1, 0.15) is 11.4 Å². The number of carbonyl (C=O) groups excluding carboxylic acids is 1. The van der Waals surface area contributed by atoms with Gasteiger partial charge in [-0.3, -0.25) is 9.69 Å². The molecule has 6 heteroatoms. The number of piperazine rings is 1. The molecule has 1 saturated heterocycles. The molecule has 3 aromatic carbocycles. The number of aromatic nitrogens is 2. The van der Waals surface area contributed by atoms with Crippen LogP contribution in [0.4, 0.5) is 11.5 Å². The molecule has 0 aliphatic carbocycles. The molecular formula is C31H33N5O. The van der Waals surface area contributed by atoms with Crippen LogP contribution in [0.5, 0.6) is 0 Å². The standard InChI is InChI=1S/C31H33N5O/c1-23-9-13-25(14-10-23)22-35-17-19-36(20-18-35)31(37)28-21-32-29(26-7-5-4-6-8-26)33-30(28)34(3)27-15-11-24(2)12-16-27/h4-16,21H,17-20,22H2,1-3H3. The highest BCUT2D eigenvalue weighted by Gasteiger charge is 2.27. The summed E-state index contributed by atoms with van der Waals surface area (Å²) in [6.07, 6.45) is 1.69. The van der Waals surface area contributed by atoms with E-state index in [1.54, 1.807) is 6.20 Å². The number of hydrogen-bond donors (Lipinski definition) is 0. The van der Waals surface area contributed by atoms with E-state index in [2.05, 4.69) is 72.3 Å². The fourth-order valence-electron chi connectivity index (χ4n) is 4.63. The average molecular weight is 492 g/mol. The number of benzene rings is 3. The first-order valence-electron chi connectivity index (χ1n) is 12.8. The molecule has 1 aromatic heterocycles. The van der Waals surface area contributed by atoms with Gasteiger partial charge in [0.2, 0.25) is 0 Å². The van der Waals surface area contributed by atoms with Crippen molar-refractivity contribution in [2.24, 2.45) is 0 Å². The van der Waals surface area contributed by atoms with Crippen LogP contribution in [-0.4, -0.2) is 58.9 Å². The van der Waals surface area contributed by atoms with Gasteiger partial charge in [-0.2, -0.15) is 0 Å². The molecule has 0 unspecified atom stereocenters. The Kier molecular flexibility index (Phi) is 7.28. The highest BCUT2D eigenvalue weighted by atomic mass is 16.2. The van der Waals surface area contributed by atoms with Crippen LogP contribution in [0.1, 0.15) is 27.0 Å². The molecule has 4 aromatic rings. The Bertz CT molecular complexity index is 1350. The first kappa shape index (κ1) is 24.7. The van der Waals surface area contributed by atoms with Gasteiger partial charge >= 0.3 is 0 Å². The largest absolute Gasteiger partial charge is 0.336 e. The van der Waals surface area contributed by atoms with E-state index < -0.39 is 0 Å². The van der Waals surface area contributed by atoms with Crippen LogP contribution in [0.25, 0.3) is 11.4 Å². The van der Waals surface area contributed by atoms with Gasteiger partial charge in [-0.1, -0.05) is 77.9 Å². The van der Waals surface area contributed by atoms with E-state index in [1.165, 1.54) is 16.7 Å². The molecule has 0 saturated carbocycles. The van der Waals surface area contributed by atoms with Crippen molar-refractivity contribution in [3.63, 3.8) is 0 Å². The van der Waals surface area contributed by atoms with Crippen LogP contribution in [0.3, 0.4) is 0 Å². The molecular weight excluding hydrogens is 458 g/mol. The molecule has 0 bridgehead atoms. The number of amides is 1. The van der Waals surface area contributed by atoms with E-state index in [4.69, 9.17) is 4.98 Å². The van der Waals surface area contributed by atoms with Gasteiger partial charge in [-0.05, 0) is 31.5 Å². The molecule has 0 radical (unpaired) electrons. The maximum absolute atomic E-state index is 13.8. The number of carbonyl (C=O) groups is 1. The van der Waals surface area contributed by atoms with Crippen molar-refractivity contribution in [2.45, 2.75) is 20.4 Å². The summed E-state index contributed by atoms with van der Waals surface area (Å²) in [5.74, 6) is 1.20. The zero-order valence-corrected chi connectivity index (χ0v) is 21.8. The second-order valence-corrected chi connectivity index (χ2v) is 9.75. The van der Waals surface area contributed by atoms with Crippen molar-refractivity contribution in [3.8, 4) is 11.4 Å². The molecule has 0 atom stereocenters. The molecule has 0 spiro atoms.